The van der Waals surface area contributed by atoms with E-state index >= 15 is 0 Å². The van der Waals surface area contributed by atoms with E-state index in [4.69, 9.17) is 0 Å². The number of halogens is 2. The number of imidazole rings is 1. The minimum Gasteiger partial charge on any atom is -0.435 e. The molecule has 0 aliphatic heterocycles. The highest BCUT2D eigenvalue weighted by Gasteiger charge is 2.13. The molecule has 0 amide bonds. The van der Waals surface area contributed by atoms with Crippen LogP contribution in [0.15, 0.2) is 47.3 Å². The van der Waals surface area contributed by atoms with Gasteiger partial charge in [-0.3, -0.25) is 4.79 Å². The Balaban J connectivity index is 2.07. The first-order valence-electron chi connectivity index (χ1n) is 6.42. The summed E-state index contributed by atoms with van der Waals surface area (Å²) in [6, 6.07) is 11.6. The van der Waals surface area contributed by atoms with E-state index in [1.807, 2.05) is 12.1 Å². The Hall–Kier alpha value is -2.54. The summed E-state index contributed by atoms with van der Waals surface area (Å²) in [5, 5.41) is 0.604. The van der Waals surface area contributed by atoms with Crippen LogP contribution in [0.4, 0.5) is 8.78 Å². The number of rotatable bonds is 2. The van der Waals surface area contributed by atoms with Gasteiger partial charge in [0.2, 0.25) is 0 Å². The predicted molar refractivity (Wildman–Crippen MR) is 81.0 cm³/mol. The lowest BCUT2D eigenvalue weighted by Gasteiger charge is -2.03. The van der Waals surface area contributed by atoms with Gasteiger partial charge < -0.3 is 4.74 Å². The molecule has 0 fully saturated rings. The number of alkyl halides is 2. The molecule has 2 heterocycles. The molecule has 0 radical (unpaired) electrons. The van der Waals surface area contributed by atoms with Gasteiger partial charge in [-0.25, -0.2) is 9.38 Å². The van der Waals surface area contributed by atoms with Crippen molar-refractivity contribution >= 4 is 37.4 Å². The van der Waals surface area contributed by atoms with Gasteiger partial charge >= 0.3 is 6.61 Å². The lowest BCUT2D eigenvalue weighted by molar-refractivity contribution is -0.0497. The highest BCUT2D eigenvalue weighted by Crippen LogP contribution is 2.26. The Morgan fingerprint density at radius 2 is 2.00 bits per heavy atom. The third-order valence-corrected chi connectivity index (χ3v) is 4.37. The molecule has 0 spiro atoms. The maximum Gasteiger partial charge on any atom is 0.387 e. The number of hydrogen-bond acceptors (Lipinski definition) is 4. The fraction of sp³-hybridized carbons (Fsp3) is 0.0667. The van der Waals surface area contributed by atoms with Crippen molar-refractivity contribution in [1.82, 2.24) is 9.38 Å². The Labute approximate surface area is 126 Å². The summed E-state index contributed by atoms with van der Waals surface area (Å²) >= 11 is 1.37. The maximum absolute atomic E-state index is 12.6. The van der Waals surface area contributed by atoms with E-state index in [0.29, 0.717) is 21.4 Å². The van der Waals surface area contributed by atoms with Crippen LogP contribution in [0.25, 0.3) is 26.1 Å². The molecule has 0 atom stereocenters. The van der Waals surface area contributed by atoms with Crippen LogP contribution >= 0.6 is 11.3 Å². The maximum atomic E-state index is 12.6. The number of fused-ring (bicyclic) bond motifs is 4. The van der Waals surface area contributed by atoms with Crippen molar-refractivity contribution in [2.75, 3.05) is 0 Å². The topological polar surface area (TPSA) is 43.6 Å². The SMILES string of the molecule is O=c1c2ccccc2sc2nc3cc(OC(F)F)ccc3n12. The highest BCUT2D eigenvalue weighted by molar-refractivity contribution is 7.23. The van der Waals surface area contributed by atoms with E-state index in [1.54, 1.807) is 18.2 Å². The van der Waals surface area contributed by atoms with Gasteiger partial charge in [0, 0.05) is 10.8 Å². The van der Waals surface area contributed by atoms with Crippen LogP contribution in [0, 0.1) is 0 Å². The van der Waals surface area contributed by atoms with Crippen LogP contribution in [0.3, 0.4) is 0 Å². The number of nitrogens with zero attached hydrogens (tertiary/aromatic N) is 2. The molecule has 4 rings (SSSR count). The van der Waals surface area contributed by atoms with Crippen molar-refractivity contribution in [1.29, 1.82) is 0 Å². The van der Waals surface area contributed by atoms with E-state index in [1.165, 1.54) is 27.9 Å². The lowest BCUT2D eigenvalue weighted by atomic mass is 10.3. The second kappa shape index (κ2) is 4.74. The minimum absolute atomic E-state index is 0.0212. The Kier molecular flexibility index (Phi) is 2.83. The molecule has 0 bridgehead atoms. The molecule has 22 heavy (non-hydrogen) atoms. The third kappa shape index (κ3) is 1.93. The molecule has 2 aromatic heterocycles. The largest absolute Gasteiger partial charge is 0.435 e. The van der Waals surface area contributed by atoms with Crippen molar-refractivity contribution in [3.05, 3.63) is 52.8 Å². The molecule has 110 valence electrons. The molecule has 0 unspecified atom stereocenters. The van der Waals surface area contributed by atoms with Crippen molar-refractivity contribution in [3.63, 3.8) is 0 Å². The fourth-order valence-electron chi connectivity index (χ4n) is 2.43. The van der Waals surface area contributed by atoms with Crippen molar-refractivity contribution < 1.29 is 13.5 Å². The van der Waals surface area contributed by atoms with E-state index in [0.717, 1.165) is 4.70 Å². The van der Waals surface area contributed by atoms with Crippen LogP contribution in [0.5, 0.6) is 5.75 Å². The van der Waals surface area contributed by atoms with Crippen molar-refractivity contribution in [2.24, 2.45) is 0 Å². The Bertz CT molecular complexity index is 1070. The first kappa shape index (κ1) is 13.1. The first-order valence-corrected chi connectivity index (χ1v) is 7.24. The molecule has 2 aromatic carbocycles. The van der Waals surface area contributed by atoms with Gasteiger partial charge in [-0.1, -0.05) is 23.5 Å². The fourth-order valence-corrected chi connectivity index (χ4v) is 3.46. The summed E-state index contributed by atoms with van der Waals surface area (Å²) in [6.07, 6.45) is 0. The van der Waals surface area contributed by atoms with Gasteiger partial charge in [0.15, 0.2) is 4.96 Å². The van der Waals surface area contributed by atoms with Gasteiger partial charge in [0.1, 0.15) is 5.75 Å². The molecule has 0 N–H and O–H groups in total. The second-order valence-corrected chi connectivity index (χ2v) is 5.67. The van der Waals surface area contributed by atoms with E-state index in [2.05, 4.69) is 9.72 Å². The van der Waals surface area contributed by atoms with Gasteiger partial charge in [0.25, 0.3) is 5.56 Å². The molecule has 4 nitrogen and oxygen atoms in total. The highest BCUT2D eigenvalue weighted by atomic mass is 32.1. The van der Waals surface area contributed by atoms with E-state index in [-0.39, 0.29) is 11.3 Å². The van der Waals surface area contributed by atoms with Crippen LogP contribution in [0.2, 0.25) is 0 Å². The smallest absolute Gasteiger partial charge is 0.387 e. The van der Waals surface area contributed by atoms with Gasteiger partial charge in [0.05, 0.1) is 16.4 Å². The molecule has 7 heteroatoms. The quantitative estimate of drug-likeness (QED) is 0.566. The molecule has 0 saturated heterocycles. The Morgan fingerprint density at radius 3 is 2.82 bits per heavy atom. The predicted octanol–water partition coefficient (Wildman–Crippen LogP) is 3.66. The molecule has 0 aliphatic carbocycles. The summed E-state index contributed by atoms with van der Waals surface area (Å²) < 4.78 is 31.3. The zero-order chi connectivity index (χ0) is 15.3. The minimum atomic E-state index is -2.89. The first-order chi connectivity index (χ1) is 10.6. The average molecular weight is 318 g/mol. The molecule has 4 aromatic rings. The van der Waals surface area contributed by atoms with Crippen LogP contribution in [-0.4, -0.2) is 16.0 Å². The lowest BCUT2D eigenvalue weighted by Crippen LogP contribution is -2.11. The molecule has 0 aliphatic rings. The molecular formula is C15H8F2N2O2S. The summed E-state index contributed by atoms with van der Waals surface area (Å²) in [5.41, 5.74) is 0.847. The van der Waals surface area contributed by atoms with Gasteiger partial charge in [-0.15, -0.1) is 0 Å². The summed E-state index contributed by atoms with van der Waals surface area (Å²) in [7, 11) is 0. The molecule has 0 saturated carbocycles. The van der Waals surface area contributed by atoms with Crippen LogP contribution in [0.1, 0.15) is 0 Å². The standard InChI is InChI=1S/C15H8F2N2O2S/c16-14(17)21-8-5-6-11-10(7-8)18-15-19(11)13(20)9-3-1-2-4-12(9)22-15/h1-7,14H. The van der Waals surface area contributed by atoms with Gasteiger partial charge in [-0.05, 0) is 24.3 Å². The number of benzene rings is 2. The second-order valence-electron chi connectivity index (χ2n) is 4.66. The number of hydrogen-bond donors (Lipinski definition) is 0. The molecular weight excluding hydrogens is 310 g/mol. The zero-order valence-corrected chi connectivity index (χ0v) is 11.8. The summed E-state index contributed by atoms with van der Waals surface area (Å²) in [6.45, 7) is -2.89. The number of ether oxygens (including phenoxy) is 1. The van der Waals surface area contributed by atoms with Crippen molar-refractivity contribution in [2.45, 2.75) is 6.61 Å². The summed E-state index contributed by atoms with van der Waals surface area (Å²) in [5.74, 6) is 0.0212. The summed E-state index contributed by atoms with van der Waals surface area (Å²) in [4.78, 5) is 17.5. The van der Waals surface area contributed by atoms with Gasteiger partial charge in [-0.2, -0.15) is 8.78 Å². The van der Waals surface area contributed by atoms with Crippen LogP contribution in [-0.2, 0) is 0 Å². The normalized spacial score (nSPS) is 11.8. The number of aromatic nitrogens is 2. The van der Waals surface area contributed by atoms with E-state index in [9.17, 15) is 13.6 Å². The third-order valence-electron chi connectivity index (χ3n) is 3.34. The van der Waals surface area contributed by atoms with E-state index < -0.39 is 6.61 Å². The Morgan fingerprint density at radius 1 is 1.18 bits per heavy atom. The average Bonchev–Trinajstić information content (AvgIpc) is 2.84. The zero-order valence-electron chi connectivity index (χ0n) is 11.0. The van der Waals surface area contributed by atoms with Crippen LogP contribution < -0.4 is 10.3 Å². The van der Waals surface area contributed by atoms with Crippen molar-refractivity contribution in [3.8, 4) is 5.75 Å². The monoisotopic (exact) mass is 318 g/mol.